The first-order chi connectivity index (χ1) is 12.4. The predicted molar refractivity (Wildman–Crippen MR) is 91.0 cm³/mol. The molecule has 4 N–H and O–H groups in total. The second kappa shape index (κ2) is 6.61. The third-order valence-electron chi connectivity index (χ3n) is 4.45. The van der Waals surface area contributed by atoms with Crippen molar-refractivity contribution in [3.63, 3.8) is 0 Å². The maximum atomic E-state index is 3.44. The number of aromatic nitrogens is 4. The molecule has 4 aromatic heterocycles. The summed E-state index contributed by atoms with van der Waals surface area (Å²) in [7, 11) is 0. The van der Waals surface area contributed by atoms with Crippen molar-refractivity contribution in [2.24, 2.45) is 0 Å². The molecule has 4 heteroatoms. The van der Waals surface area contributed by atoms with Crippen LogP contribution in [0.5, 0.6) is 0 Å². The fraction of sp³-hybridized carbons (Fsp3) is 0.0476. The van der Waals surface area contributed by atoms with Crippen LogP contribution in [0, 0.1) is 0 Å². The molecule has 0 fully saturated rings. The molecule has 0 aliphatic carbocycles. The van der Waals surface area contributed by atoms with E-state index < -0.39 is 5.41 Å². The van der Waals surface area contributed by atoms with Crippen molar-refractivity contribution in [2.45, 2.75) is 5.41 Å². The summed E-state index contributed by atoms with van der Waals surface area (Å²) < 4.78 is 0. The molecule has 0 atom stereocenters. The topological polar surface area (TPSA) is 56.6 Å². The van der Waals surface area contributed by atoms with Gasteiger partial charge in [0.05, 0.1) is 0 Å². The van der Waals surface area contributed by atoms with Gasteiger partial charge in [0.15, 0.2) is 24.8 Å². The molecule has 0 saturated carbocycles. The molecule has 0 aliphatic rings. The van der Waals surface area contributed by atoms with E-state index in [9.17, 15) is 0 Å². The lowest BCUT2D eigenvalue weighted by Crippen LogP contribution is -2.47. The van der Waals surface area contributed by atoms with Crippen LogP contribution in [0.25, 0.3) is 0 Å². The number of rotatable bonds is 4. The molecule has 0 saturated heterocycles. The van der Waals surface area contributed by atoms with Gasteiger partial charge in [0.1, 0.15) is 0 Å². The lowest BCUT2D eigenvalue weighted by Gasteiger charge is -2.19. The summed E-state index contributed by atoms with van der Waals surface area (Å²) in [6.45, 7) is 0. The summed E-state index contributed by atoms with van der Waals surface area (Å²) in [6.07, 6.45) is 7.83. The third kappa shape index (κ3) is 2.58. The Hall–Kier alpha value is -3.40. The smallest absolute Gasteiger partial charge is 0.213 e. The van der Waals surface area contributed by atoms with E-state index >= 15 is 0 Å². The van der Waals surface area contributed by atoms with Crippen molar-refractivity contribution in [1.29, 1.82) is 0 Å². The van der Waals surface area contributed by atoms with Gasteiger partial charge in [0, 0.05) is 48.5 Å². The number of hydrogen-bond acceptors (Lipinski definition) is 0. The molecule has 4 nitrogen and oxygen atoms in total. The van der Waals surface area contributed by atoms with E-state index in [0.29, 0.717) is 0 Å². The normalized spacial score (nSPS) is 11.2. The Labute approximate surface area is 146 Å². The van der Waals surface area contributed by atoms with E-state index in [1.54, 1.807) is 0 Å². The predicted octanol–water partition coefficient (Wildman–Crippen LogP) is 1.33. The van der Waals surface area contributed by atoms with Gasteiger partial charge < -0.3 is 0 Å². The van der Waals surface area contributed by atoms with Crippen LogP contribution >= 0.6 is 0 Å². The molecule has 0 amide bonds. The maximum absolute atomic E-state index is 3.44. The Morgan fingerprint density at radius 1 is 0.400 bits per heavy atom. The van der Waals surface area contributed by atoms with Crippen LogP contribution < -0.4 is 19.9 Å². The summed E-state index contributed by atoms with van der Waals surface area (Å²) in [6, 6.07) is 24.6. The van der Waals surface area contributed by atoms with Crippen molar-refractivity contribution in [1.82, 2.24) is 0 Å². The van der Waals surface area contributed by atoms with Crippen LogP contribution in [0.2, 0.25) is 0 Å². The first-order valence-corrected chi connectivity index (χ1v) is 8.31. The number of pyridine rings is 4. The van der Waals surface area contributed by atoms with Crippen LogP contribution in [0.1, 0.15) is 22.8 Å². The first kappa shape index (κ1) is 15.1. The highest BCUT2D eigenvalue weighted by Gasteiger charge is 2.57. The van der Waals surface area contributed by atoms with Crippen molar-refractivity contribution in [2.75, 3.05) is 0 Å². The molecule has 0 radical (unpaired) electrons. The standard InChI is InChI=1S/C21H16N4/c1-5-13-22-17(9-1)21(18-10-2-6-14-23-18,19-11-3-7-15-24-19)20-12-4-8-16-25-20/h1-16H/p+4. The molecule has 0 aliphatic heterocycles. The SMILES string of the molecule is c1ccc(C(c2cccc[nH+]2)(c2cccc[nH+]2)c2cccc[nH+]2)[nH+]c1. The average Bonchev–Trinajstić information content (AvgIpc) is 2.72. The van der Waals surface area contributed by atoms with E-state index in [4.69, 9.17) is 0 Å². The molecular weight excluding hydrogens is 308 g/mol. The van der Waals surface area contributed by atoms with Gasteiger partial charge in [-0.15, -0.1) is 0 Å². The van der Waals surface area contributed by atoms with Crippen molar-refractivity contribution in [3.05, 3.63) is 120 Å². The van der Waals surface area contributed by atoms with Crippen LogP contribution in [-0.4, -0.2) is 0 Å². The largest absolute Gasteiger partial charge is 0.303 e. The zero-order valence-electron chi connectivity index (χ0n) is 13.7. The Bertz CT molecular complexity index is 763. The van der Waals surface area contributed by atoms with Gasteiger partial charge >= 0.3 is 5.41 Å². The molecule has 25 heavy (non-hydrogen) atoms. The Morgan fingerprint density at radius 3 is 0.880 bits per heavy atom. The Morgan fingerprint density at radius 2 is 0.680 bits per heavy atom. The second-order valence-corrected chi connectivity index (χ2v) is 5.85. The summed E-state index contributed by atoms with van der Waals surface area (Å²) in [5, 5.41) is 0. The Balaban J connectivity index is 2.13. The fourth-order valence-corrected chi connectivity index (χ4v) is 3.38. The fourth-order valence-electron chi connectivity index (χ4n) is 3.38. The highest BCUT2D eigenvalue weighted by atomic mass is 14.9. The molecule has 120 valence electrons. The minimum atomic E-state index is -0.551. The van der Waals surface area contributed by atoms with E-state index in [1.807, 2.05) is 49.1 Å². The minimum absolute atomic E-state index is 0.551. The van der Waals surface area contributed by atoms with Gasteiger partial charge in [0.25, 0.3) is 0 Å². The number of hydrogen-bond donors (Lipinski definition) is 0. The average molecular weight is 328 g/mol. The Kier molecular flexibility index (Phi) is 4.01. The third-order valence-corrected chi connectivity index (χ3v) is 4.45. The molecule has 0 spiro atoms. The molecule has 4 rings (SSSR count). The van der Waals surface area contributed by atoms with Crippen molar-refractivity contribution in [3.8, 4) is 0 Å². The minimum Gasteiger partial charge on any atom is -0.213 e. The van der Waals surface area contributed by atoms with Crippen molar-refractivity contribution >= 4 is 0 Å². The van der Waals surface area contributed by atoms with E-state index in [2.05, 4.69) is 68.5 Å². The van der Waals surface area contributed by atoms with E-state index in [-0.39, 0.29) is 0 Å². The summed E-state index contributed by atoms with van der Waals surface area (Å²) >= 11 is 0. The maximum Gasteiger partial charge on any atom is 0.303 e. The summed E-state index contributed by atoms with van der Waals surface area (Å²) in [5.74, 6) is 0. The highest BCUT2D eigenvalue weighted by molar-refractivity contribution is 5.45. The van der Waals surface area contributed by atoms with Crippen LogP contribution in [-0.2, 0) is 5.41 Å². The van der Waals surface area contributed by atoms with Gasteiger partial charge in [-0.2, -0.15) is 0 Å². The van der Waals surface area contributed by atoms with Crippen LogP contribution in [0.3, 0.4) is 0 Å². The lowest BCUT2D eigenvalue weighted by molar-refractivity contribution is -0.455. The van der Waals surface area contributed by atoms with Gasteiger partial charge in [-0.1, -0.05) is 24.3 Å². The van der Waals surface area contributed by atoms with Gasteiger partial charge in [-0.05, 0) is 0 Å². The van der Waals surface area contributed by atoms with E-state index in [1.165, 1.54) is 0 Å². The van der Waals surface area contributed by atoms with Crippen LogP contribution in [0.15, 0.2) is 97.6 Å². The van der Waals surface area contributed by atoms with Crippen LogP contribution in [0.4, 0.5) is 0 Å². The monoisotopic (exact) mass is 328 g/mol. The zero-order valence-corrected chi connectivity index (χ0v) is 13.7. The van der Waals surface area contributed by atoms with Crippen molar-refractivity contribution < 1.29 is 19.9 Å². The quantitative estimate of drug-likeness (QED) is 0.543. The number of nitrogens with one attached hydrogen (secondary N) is 4. The van der Waals surface area contributed by atoms with E-state index in [0.717, 1.165) is 22.8 Å². The van der Waals surface area contributed by atoms with Gasteiger partial charge in [0.2, 0.25) is 22.8 Å². The number of aromatic amines is 4. The molecule has 4 heterocycles. The van der Waals surface area contributed by atoms with Gasteiger partial charge in [-0.25, -0.2) is 19.9 Å². The highest BCUT2D eigenvalue weighted by Crippen LogP contribution is 2.37. The second-order valence-electron chi connectivity index (χ2n) is 5.85. The first-order valence-electron chi connectivity index (χ1n) is 8.31. The lowest BCUT2D eigenvalue weighted by atomic mass is 9.73. The molecule has 0 bridgehead atoms. The summed E-state index contributed by atoms with van der Waals surface area (Å²) in [4.78, 5) is 13.8. The molecular formula is C21H20N4+4. The zero-order chi connectivity index (χ0) is 17.0. The summed E-state index contributed by atoms with van der Waals surface area (Å²) in [5.41, 5.74) is 3.68. The molecule has 0 unspecified atom stereocenters. The molecule has 4 aromatic rings. The molecule has 0 aromatic carbocycles. The van der Waals surface area contributed by atoms with Gasteiger partial charge in [-0.3, -0.25) is 0 Å². The number of H-pyrrole nitrogens is 4.